The summed E-state index contributed by atoms with van der Waals surface area (Å²) in [6.45, 7) is 2.40. The SMILES string of the molecule is COc1ccc(CN(Cc2ccc(OC)cc2)SCCN)cc1. The van der Waals surface area contributed by atoms with Crippen LogP contribution in [0.4, 0.5) is 0 Å². The highest BCUT2D eigenvalue weighted by atomic mass is 32.2. The van der Waals surface area contributed by atoms with E-state index in [0.717, 1.165) is 30.3 Å². The molecule has 0 amide bonds. The van der Waals surface area contributed by atoms with Crippen LogP contribution in [0.2, 0.25) is 0 Å². The lowest BCUT2D eigenvalue weighted by Crippen LogP contribution is -2.17. The van der Waals surface area contributed by atoms with Gasteiger partial charge in [-0.3, -0.25) is 0 Å². The first-order chi connectivity index (χ1) is 11.2. The Bertz CT molecular complexity index is 523. The van der Waals surface area contributed by atoms with Gasteiger partial charge in [0, 0.05) is 25.4 Å². The fraction of sp³-hybridized carbons (Fsp3) is 0.333. The summed E-state index contributed by atoms with van der Waals surface area (Å²) in [7, 11) is 3.37. The Morgan fingerprint density at radius 1 is 0.826 bits per heavy atom. The molecule has 0 heterocycles. The van der Waals surface area contributed by atoms with E-state index in [4.69, 9.17) is 15.2 Å². The molecule has 2 rings (SSSR count). The van der Waals surface area contributed by atoms with Crippen molar-refractivity contribution in [1.82, 2.24) is 4.31 Å². The van der Waals surface area contributed by atoms with E-state index in [0.29, 0.717) is 6.54 Å². The second-order valence-corrected chi connectivity index (χ2v) is 6.30. The summed E-state index contributed by atoms with van der Waals surface area (Å²) in [6.07, 6.45) is 0. The van der Waals surface area contributed by atoms with Crippen LogP contribution in [0.5, 0.6) is 11.5 Å². The Balaban J connectivity index is 2.02. The van der Waals surface area contributed by atoms with Crippen LogP contribution in [-0.2, 0) is 13.1 Å². The number of nitrogens with zero attached hydrogens (tertiary/aromatic N) is 1. The van der Waals surface area contributed by atoms with Gasteiger partial charge in [0.25, 0.3) is 0 Å². The Hall–Kier alpha value is -1.69. The van der Waals surface area contributed by atoms with E-state index < -0.39 is 0 Å². The predicted octanol–water partition coefficient (Wildman–Crippen LogP) is 3.31. The van der Waals surface area contributed by atoms with Crippen molar-refractivity contribution >= 4 is 11.9 Å². The molecular formula is C18H24N2O2S. The highest BCUT2D eigenvalue weighted by Gasteiger charge is 2.08. The minimum Gasteiger partial charge on any atom is -0.497 e. The van der Waals surface area contributed by atoms with Crippen molar-refractivity contribution in [3.05, 3.63) is 59.7 Å². The molecule has 4 nitrogen and oxygen atoms in total. The molecule has 0 aliphatic heterocycles. The van der Waals surface area contributed by atoms with Crippen molar-refractivity contribution in [3.63, 3.8) is 0 Å². The van der Waals surface area contributed by atoms with E-state index in [1.165, 1.54) is 11.1 Å². The van der Waals surface area contributed by atoms with Gasteiger partial charge in [-0.15, -0.1) is 0 Å². The third-order valence-electron chi connectivity index (χ3n) is 3.43. The number of ether oxygens (including phenoxy) is 2. The molecule has 23 heavy (non-hydrogen) atoms. The monoisotopic (exact) mass is 332 g/mol. The third-order valence-corrected chi connectivity index (χ3v) is 4.47. The molecule has 0 saturated carbocycles. The molecule has 2 aromatic carbocycles. The molecular weight excluding hydrogens is 308 g/mol. The van der Waals surface area contributed by atoms with Gasteiger partial charge < -0.3 is 15.2 Å². The quantitative estimate of drug-likeness (QED) is 0.714. The lowest BCUT2D eigenvalue weighted by Gasteiger charge is -2.21. The number of hydrogen-bond acceptors (Lipinski definition) is 5. The van der Waals surface area contributed by atoms with Crippen molar-refractivity contribution in [3.8, 4) is 11.5 Å². The summed E-state index contributed by atoms with van der Waals surface area (Å²) < 4.78 is 12.7. The van der Waals surface area contributed by atoms with Gasteiger partial charge in [0.05, 0.1) is 14.2 Å². The zero-order chi connectivity index (χ0) is 16.5. The van der Waals surface area contributed by atoms with Crippen LogP contribution >= 0.6 is 11.9 Å². The smallest absolute Gasteiger partial charge is 0.118 e. The summed E-state index contributed by atoms with van der Waals surface area (Å²) in [4.78, 5) is 0. The van der Waals surface area contributed by atoms with Crippen molar-refractivity contribution < 1.29 is 9.47 Å². The minimum absolute atomic E-state index is 0.673. The standard InChI is InChI=1S/C18H24N2O2S/c1-21-17-7-3-15(4-8-17)13-20(23-12-11-19)14-16-5-9-18(22-2)10-6-16/h3-10H,11-14,19H2,1-2H3. The molecule has 0 aliphatic rings. The Labute approximate surface area is 142 Å². The van der Waals surface area contributed by atoms with Gasteiger partial charge in [0.2, 0.25) is 0 Å². The maximum atomic E-state index is 5.66. The van der Waals surface area contributed by atoms with Crippen molar-refractivity contribution in [1.29, 1.82) is 0 Å². The van der Waals surface area contributed by atoms with Gasteiger partial charge in [-0.25, -0.2) is 4.31 Å². The fourth-order valence-corrected chi connectivity index (χ4v) is 3.04. The van der Waals surface area contributed by atoms with E-state index in [9.17, 15) is 0 Å². The average Bonchev–Trinajstić information content (AvgIpc) is 2.61. The topological polar surface area (TPSA) is 47.7 Å². The molecule has 124 valence electrons. The van der Waals surface area contributed by atoms with Gasteiger partial charge in [0.1, 0.15) is 11.5 Å². The summed E-state index contributed by atoms with van der Waals surface area (Å²) in [6, 6.07) is 16.4. The maximum absolute atomic E-state index is 5.66. The highest BCUT2D eigenvalue weighted by molar-refractivity contribution is 7.96. The number of nitrogens with two attached hydrogens (primary N) is 1. The molecule has 0 saturated heterocycles. The first-order valence-electron chi connectivity index (χ1n) is 7.59. The molecule has 0 bridgehead atoms. The van der Waals surface area contributed by atoms with Gasteiger partial charge >= 0.3 is 0 Å². The Kier molecular flexibility index (Phi) is 7.26. The van der Waals surface area contributed by atoms with Gasteiger partial charge in [0.15, 0.2) is 0 Å². The molecule has 0 aliphatic carbocycles. The Morgan fingerprint density at radius 3 is 1.61 bits per heavy atom. The largest absolute Gasteiger partial charge is 0.497 e. The average molecular weight is 332 g/mol. The van der Waals surface area contributed by atoms with Crippen molar-refractivity contribution in [2.45, 2.75) is 13.1 Å². The molecule has 0 unspecified atom stereocenters. The van der Waals surface area contributed by atoms with Gasteiger partial charge in [-0.05, 0) is 35.4 Å². The summed E-state index contributed by atoms with van der Waals surface area (Å²) in [5.41, 5.74) is 8.17. The third kappa shape index (κ3) is 5.78. The zero-order valence-electron chi connectivity index (χ0n) is 13.7. The molecule has 0 aromatic heterocycles. The van der Waals surface area contributed by atoms with Gasteiger partial charge in [-0.2, -0.15) is 0 Å². The number of methoxy groups -OCH3 is 2. The fourth-order valence-electron chi connectivity index (χ4n) is 2.20. The summed E-state index contributed by atoms with van der Waals surface area (Å²) in [5.74, 6) is 2.67. The van der Waals surface area contributed by atoms with Gasteiger partial charge in [-0.1, -0.05) is 36.2 Å². The highest BCUT2D eigenvalue weighted by Crippen LogP contribution is 2.21. The molecule has 0 fully saturated rings. The predicted molar refractivity (Wildman–Crippen MR) is 96.7 cm³/mol. The van der Waals surface area contributed by atoms with E-state index in [2.05, 4.69) is 28.6 Å². The molecule has 5 heteroatoms. The van der Waals surface area contributed by atoms with Crippen molar-refractivity contribution in [2.24, 2.45) is 5.73 Å². The van der Waals surface area contributed by atoms with E-state index in [1.807, 2.05) is 24.3 Å². The molecule has 2 aromatic rings. The first kappa shape index (κ1) is 17.7. The lowest BCUT2D eigenvalue weighted by molar-refractivity contribution is 0.413. The molecule has 0 radical (unpaired) electrons. The minimum atomic E-state index is 0.673. The zero-order valence-corrected chi connectivity index (χ0v) is 14.5. The Morgan fingerprint density at radius 2 is 1.26 bits per heavy atom. The van der Waals surface area contributed by atoms with E-state index >= 15 is 0 Å². The van der Waals surface area contributed by atoms with Crippen LogP contribution in [0.25, 0.3) is 0 Å². The molecule has 0 atom stereocenters. The first-order valence-corrected chi connectivity index (χ1v) is 8.53. The van der Waals surface area contributed by atoms with Crippen LogP contribution in [0.3, 0.4) is 0 Å². The summed E-state index contributed by atoms with van der Waals surface area (Å²) >= 11 is 1.78. The van der Waals surface area contributed by atoms with Crippen LogP contribution in [0, 0.1) is 0 Å². The normalized spacial score (nSPS) is 10.8. The second kappa shape index (κ2) is 9.45. The lowest BCUT2D eigenvalue weighted by atomic mass is 10.2. The van der Waals surface area contributed by atoms with Crippen LogP contribution in [0.1, 0.15) is 11.1 Å². The van der Waals surface area contributed by atoms with Crippen LogP contribution in [0.15, 0.2) is 48.5 Å². The van der Waals surface area contributed by atoms with Crippen LogP contribution < -0.4 is 15.2 Å². The molecule has 2 N–H and O–H groups in total. The van der Waals surface area contributed by atoms with Crippen molar-refractivity contribution in [2.75, 3.05) is 26.5 Å². The van der Waals surface area contributed by atoms with E-state index in [-0.39, 0.29) is 0 Å². The number of benzene rings is 2. The maximum Gasteiger partial charge on any atom is 0.118 e. The molecule has 0 spiro atoms. The van der Waals surface area contributed by atoms with Crippen LogP contribution in [-0.4, -0.2) is 30.8 Å². The van der Waals surface area contributed by atoms with E-state index in [1.54, 1.807) is 26.2 Å². The second-order valence-electron chi connectivity index (χ2n) is 5.12. The number of hydrogen-bond donors (Lipinski definition) is 1. The number of rotatable bonds is 9. The summed E-state index contributed by atoms with van der Waals surface area (Å²) in [5, 5.41) is 0.